The van der Waals surface area contributed by atoms with E-state index < -0.39 is 6.10 Å². The van der Waals surface area contributed by atoms with Crippen LogP contribution in [0, 0.1) is 6.92 Å². The molecule has 0 spiro atoms. The zero-order valence-corrected chi connectivity index (χ0v) is 13.4. The number of nitrogens with zero attached hydrogens (tertiary/aromatic N) is 2. The first-order chi connectivity index (χ1) is 12.2. The largest absolute Gasteiger partial charge is 0.485 e. The molecule has 2 aromatic carbocycles. The van der Waals surface area contributed by atoms with Crippen LogP contribution in [0.1, 0.15) is 27.9 Å². The van der Waals surface area contributed by atoms with E-state index in [2.05, 4.69) is 15.5 Å². The number of aryl methyl sites for hydroxylation is 1. The normalized spacial score (nSPS) is 15.6. The lowest BCUT2D eigenvalue weighted by atomic mass is 10.1. The second-order valence-electron chi connectivity index (χ2n) is 5.58. The second-order valence-corrected chi connectivity index (χ2v) is 5.58. The van der Waals surface area contributed by atoms with Crippen molar-refractivity contribution in [3.8, 4) is 11.5 Å². The van der Waals surface area contributed by atoms with Crippen molar-refractivity contribution in [3.05, 3.63) is 65.5 Å². The standard InChI is InChI=1S/C18H15N3O4/c1-11-6-2-3-7-12(11)16(22)19-18-21-20-17(25-18)15-10-23-13-8-4-5-9-14(13)24-15/h2-9,15H,10H2,1H3,(H,19,21,22). The van der Waals surface area contributed by atoms with Crippen LogP contribution in [0.4, 0.5) is 6.01 Å². The molecule has 0 radical (unpaired) electrons. The Morgan fingerprint density at radius 3 is 2.68 bits per heavy atom. The van der Waals surface area contributed by atoms with Gasteiger partial charge in [0.25, 0.3) is 11.8 Å². The number of hydrogen-bond acceptors (Lipinski definition) is 6. The summed E-state index contributed by atoms with van der Waals surface area (Å²) in [7, 11) is 0. The van der Waals surface area contributed by atoms with Crippen molar-refractivity contribution in [1.29, 1.82) is 0 Å². The van der Waals surface area contributed by atoms with Gasteiger partial charge >= 0.3 is 6.01 Å². The highest BCUT2D eigenvalue weighted by Crippen LogP contribution is 2.35. The summed E-state index contributed by atoms with van der Waals surface area (Å²) < 4.78 is 16.9. The minimum atomic E-state index is -0.522. The fourth-order valence-electron chi connectivity index (χ4n) is 2.55. The summed E-state index contributed by atoms with van der Waals surface area (Å²) in [6.45, 7) is 2.11. The third-order valence-electron chi connectivity index (χ3n) is 3.83. The van der Waals surface area contributed by atoms with Crippen LogP contribution >= 0.6 is 0 Å². The molecule has 0 bridgehead atoms. The topological polar surface area (TPSA) is 86.5 Å². The Balaban J connectivity index is 1.48. The van der Waals surface area contributed by atoms with Gasteiger partial charge in [0.15, 0.2) is 11.5 Å². The molecule has 0 aliphatic carbocycles. The van der Waals surface area contributed by atoms with E-state index in [1.807, 2.05) is 37.3 Å². The Kier molecular flexibility index (Phi) is 3.81. The predicted molar refractivity (Wildman–Crippen MR) is 88.7 cm³/mol. The average molecular weight is 337 g/mol. The van der Waals surface area contributed by atoms with Gasteiger partial charge in [-0.15, -0.1) is 5.10 Å². The zero-order valence-electron chi connectivity index (χ0n) is 13.4. The molecule has 1 amide bonds. The van der Waals surface area contributed by atoms with Gasteiger partial charge in [-0.1, -0.05) is 35.4 Å². The Labute approximate surface area is 143 Å². The summed E-state index contributed by atoms with van der Waals surface area (Å²) in [5.74, 6) is 1.22. The molecule has 1 N–H and O–H groups in total. The van der Waals surface area contributed by atoms with Crippen molar-refractivity contribution < 1.29 is 18.7 Å². The van der Waals surface area contributed by atoms with Gasteiger partial charge in [-0.2, -0.15) is 0 Å². The molecule has 25 heavy (non-hydrogen) atoms. The minimum absolute atomic E-state index is 0.0192. The molecule has 0 saturated heterocycles. The van der Waals surface area contributed by atoms with Crippen LogP contribution in [0.25, 0.3) is 0 Å². The molecule has 1 aliphatic heterocycles. The molecule has 0 saturated carbocycles. The van der Waals surface area contributed by atoms with Crippen LogP contribution in [0.5, 0.6) is 11.5 Å². The fourth-order valence-corrected chi connectivity index (χ4v) is 2.55. The maximum atomic E-state index is 12.3. The number of benzene rings is 2. The summed E-state index contributed by atoms with van der Waals surface area (Å²) in [6.07, 6.45) is -0.522. The maximum Gasteiger partial charge on any atom is 0.322 e. The number of hydrogen-bond donors (Lipinski definition) is 1. The third-order valence-corrected chi connectivity index (χ3v) is 3.83. The second kappa shape index (κ2) is 6.27. The number of carbonyl (C=O) groups excluding carboxylic acids is 1. The first-order valence-electron chi connectivity index (χ1n) is 7.79. The van der Waals surface area contributed by atoms with E-state index >= 15 is 0 Å². The van der Waals surface area contributed by atoms with Crippen LogP contribution in [-0.4, -0.2) is 22.7 Å². The number of para-hydroxylation sites is 2. The van der Waals surface area contributed by atoms with Gasteiger partial charge in [0.1, 0.15) is 6.61 Å². The molecule has 126 valence electrons. The Bertz CT molecular complexity index is 922. The minimum Gasteiger partial charge on any atom is -0.485 e. The lowest BCUT2D eigenvalue weighted by molar-refractivity contribution is 0.0716. The monoisotopic (exact) mass is 337 g/mol. The first-order valence-corrected chi connectivity index (χ1v) is 7.79. The van der Waals surface area contributed by atoms with E-state index in [0.29, 0.717) is 17.1 Å². The summed E-state index contributed by atoms with van der Waals surface area (Å²) in [5, 5.41) is 10.4. The van der Waals surface area contributed by atoms with Crippen molar-refractivity contribution in [3.63, 3.8) is 0 Å². The number of fused-ring (bicyclic) bond motifs is 1. The number of anilines is 1. The summed E-state index contributed by atoms with van der Waals surface area (Å²) in [5.41, 5.74) is 1.41. The molecule has 1 unspecified atom stereocenters. The van der Waals surface area contributed by atoms with Gasteiger partial charge in [-0.3, -0.25) is 10.1 Å². The number of ether oxygens (including phenoxy) is 2. The lowest BCUT2D eigenvalue weighted by Gasteiger charge is -2.23. The van der Waals surface area contributed by atoms with Crippen molar-refractivity contribution in [2.24, 2.45) is 0 Å². The van der Waals surface area contributed by atoms with Crippen molar-refractivity contribution in [2.75, 3.05) is 11.9 Å². The number of amides is 1. The lowest BCUT2D eigenvalue weighted by Crippen LogP contribution is -2.21. The van der Waals surface area contributed by atoms with Crippen LogP contribution in [0.3, 0.4) is 0 Å². The molecule has 1 atom stereocenters. The van der Waals surface area contributed by atoms with E-state index in [9.17, 15) is 4.79 Å². The molecule has 0 fully saturated rings. The van der Waals surface area contributed by atoms with E-state index in [-0.39, 0.29) is 24.4 Å². The van der Waals surface area contributed by atoms with E-state index in [1.54, 1.807) is 18.2 Å². The number of nitrogens with one attached hydrogen (secondary N) is 1. The number of rotatable bonds is 3. The van der Waals surface area contributed by atoms with Gasteiger partial charge < -0.3 is 13.9 Å². The van der Waals surface area contributed by atoms with Gasteiger partial charge in [-0.05, 0) is 30.7 Å². The predicted octanol–water partition coefficient (Wildman–Crippen LogP) is 3.14. The van der Waals surface area contributed by atoms with Crippen molar-refractivity contribution in [1.82, 2.24) is 10.2 Å². The summed E-state index contributed by atoms with van der Waals surface area (Å²) in [4.78, 5) is 12.3. The molecule has 7 heteroatoms. The highest BCUT2D eigenvalue weighted by Gasteiger charge is 2.27. The highest BCUT2D eigenvalue weighted by molar-refractivity contribution is 6.04. The average Bonchev–Trinajstić information content (AvgIpc) is 3.10. The summed E-state index contributed by atoms with van der Waals surface area (Å²) >= 11 is 0. The van der Waals surface area contributed by atoms with Crippen LogP contribution in [-0.2, 0) is 0 Å². The number of carbonyl (C=O) groups is 1. The molecule has 4 rings (SSSR count). The van der Waals surface area contributed by atoms with Gasteiger partial charge in [0, 0.05) is 5.56 Å². The van der Waals surface area contributed by atoms with E-state index in [4.69, 9.17) is 13.9 Å². The van der Waals surface area contributed by atoms with Crippen LogP contribution in [0.15, 0.2) is 52.9 Å². The quantitative estimate of drug-likeness (QED) is 0.790. The smallest absolute Gasteiger partial charge is 0.322 e. The van der Waals surface area contributed by atoms with E-state index in [0.717, 1.165) is 5.56 Å². The van der Waals surface area contributed by atoms with E-state index in [1.165, 1.54) is 0 Å². The molecule has 1 aromatic heterocycles. The van der Waals surface area contributed by atoms with Crippen molar-refractivity contribution >= 4 is 11.9 Å². The molecule has 3 aromatic rings. The SMILES string of the molecule is Cc1ccccc1C(=O)Nc1nnc(C2COc3ccccc3O2)o1. The van der Waals surface area contributed by atoms with Crippen molar-refractivity contribution in [2.45, 2.75) is 13.0 Å². The third kappa shape index (κ3) is 3.03. The highest BCUT2D eigenvalue weighted by atomic mass is 16.6. The molecule has 2 heterocycles. The van der Waals surface area contributed by atoms with Crippen LogP contribution < -0.4 is 14.8 Å². The zero-order chi connectivity index (χ0) is 17.2. The molecule has 1 aliphatic rings. The molecule has 7 nitrogen and oxygen atoms in total. The van der Waals surface area contributed by atoms with Gasteiger partial charge in [0.2, 0.25) is 6.10 Å². The van der Waals surface area contributed by atoms with Gasteiger partial charge in [0.05, 0.1) is 0 Å². The first kappa shape index (κ1) is 15.2. The fraction of sp³-hybridized carbons (Fsp3) is 0.167. The van der Waals surface area contributed by atoms with Gasteiger partial charge in [-0.25, -0.2) is 0 Å². The number of aromatic nitrogens is 2. The Morgan fingerprint density at radius 1 is 1.08 bits per heavy atom. The summed E-state index contributed by atoms with van der Waals surface area (Å²) in [6, 6.07) is 14.6. The Morgan fingerprint density at radius 2 is 1.84 bits per heavy atom. The van der Waals surface area contributed by atoms with Crippen LogP contribution in [0.2, 0.25) is 0 Å². The Hall–Kier alpha value is -3.35. The molecular weight excluding hydrogens is 322 g/mol. The molecular formula is C18H15N3O4. The maximum absolute atomic E-state index is 12.3.